The largest absolute Gasteiger partial charge is 0.419 e. The van der Waals surface area contributed by atoms with Crippen LogP contribution in [0, 0.1) is 0 Å². The van der Waals surface area contributed by atoms with Gasteiger partial charge in [0.25, 0.3) is 6.43 Å². The summed E-state index contributed by atoms with van der Waals surface area (Å²) in [6.45, 7) is 0. The van der Waals surface area contributed by atoms with E-state index in [-0.39, 0.29) is 6.20 Å². The molecule has 0 aromatic carbocycles. The summed E-state index contributed by atoms with van der Waals surface area (Å²) < 4.78 is 60.9. The SMILES string of the molecule is FC(F)c1ncc(C(F)(F)F)c(Cl)c1Cl. The maximum Gasteiger partial charge on any atom is 0.419 e. The predicted octanol–water partition coefficient (Wildman–Crippen LogP) is 4.34. The molecule has 1 aromatic rings. The molecule has 1 heterocycles. The lowest BCUT2D eigenvalue weighted by Gasteiger charge is -2.11. The molecule has 0 aliphatic rings. The third kappa shape index (κ3) is 2.49. The Morgan fingerprint density at radius 1 is 1.13 bits per heavy atom. The van der Waals surface area contributed by atoms with Gasteiger partial charge in [-0.2, -0.15) is 13.2 Å². The topological polar surface area (TPSA) is 12.9 Å². The van der Waals surface area contributed by atoms with Crippen molar-refractivity contribution < 1.29 is 22.0 Å². The second kappa shape index (κ2) is 4.09. The minimum Gasteiger partial charge on any atom is -0.253 e. The second-order valence-electron chi connectivity index (χ2n) is 2.48. The Kier molecular flexibility index (Phi) is 3.40. The van der Waals surface area contributed by atoms with Gasteiger partial charge in [0, 0.05) is 6.20 Å². The van der Waals surface area contributed by atoms with Crippen LogP contribution >= 0.6 is 23.2 Å². The summed E-state index contributed by atoms with van der Waals surface area (Å²) in [7, 11) is 0. The van der Waals surface area contributed by atoms with Crippen LogP contribution in [0.1, 0.15) is 17.7 Å². The van der Waals surface area contributed by atoms with E-state index in [0.717, 1.165) is 0 Å². The summed E-state index contributed by atoms with van der Waals surface area (Å²) in [6.07, 6.45) is -7.61. The van der Waals surface area contributed by atoms with Crippen molar-refractivity contribution in [3.63, 3.8) is 0 Å². The number of aromatic nitrogens is 1. The summed E-state index contributed by atoms with van der Waals surface area (Å²) in [5.41, 5.74) is -2.30. The number of rotatable bonds is 1. The summed E-state index contributed by atoms with van der Waals surface area (Å²) >= 11 is 10.4. The minimum atomic E-state index is -4.77. The van der Waals surface area contributed by atoms with Gasteiger partial charge < -0.3 is 0 Å². The molecule has 0 atom stereocenters. The molecule has 0 aliphatic carbocycles. The monoisotopic (exact) mass is 265 g/mol. The molecule has 0 fully saturated rings. The molecule has 1 aromatic heterocycles. The summed E-state index contributed by atoms with van der Waals surface area (Å²) in [5, 5.41) is -1.84. The summed E-state index contributed by atoms with van der Waals surface area (Å²) in [4.78, 5) is 2.92. The van der Waals surface area contributed by atoms with Gasteiger partial charge in [-0.25, -0.2) is 8.78 Å². The van der Waals surface area contributed by atoms with Gasteiger partial charge in [-0.3, -0.25) is 4.98 Å². The summed E-state index contributed by atoms with van der Waals surface area (Å²) in [5.74, 6) is 0. The first-order chi connectivity index (χ1) is 6.75. The third-order valence-corrected chi connectivity index (χ3v) is 2.37. The highest BCUT2D eigenvalue weighted by atomic mass is 35.5. The van der Waals surface area contributed by atoms with E-state index in [2.05, 4.69) is 4.98 Å². The van der Waals surface area contributed by atoms with Gasteiger partial charge >= 0.3 is 6.18 Å². The lowest BCUT2D eigenvalue weighted by molar-refractivity contribution is -0.137. The highest BCUT2D eigenvalue weighted by Gasteiger charge is 2.36. The molecule has 0 bridgehead atoms. The fourth-order valence-electron chi connectivity index (χ4n) is 0.828. The van der Waals surface area contributed by atoms with Crippen molar-refractivity contribution in [2.75, 3.05) is 0 Å². The van der Waals surface area contributed by atoms with E-state index in [4.69, 9.17) is 23.2 Å². The zero-order valence-electron chi connectivity index (χ0n) is 6.75. The van der Waals surface area contributed by atoms with Crippen LogP contribution in [-0.2, 0) is 6.18 Å². The summed E-state index contributed by atoms with van der Waals surface area (Å²) in [6, 6.07) is 0. The molecule has 15 heavy (non-hydrogen) atoms. The average Bonchev–Trinajstić information content (AvgIpc) is 2.06. The Morgan fingerprint density at radius 2 is 1.67 bits per heavy atom. The van der Waals surface area contributed by atoms with Gasteiger partial charge in [0.1, 0.15) is 5.69 Å². The first-order valence-corrected chi connectivity index (χ1v) is 4.20. The Bertz CT molecular complexity index is 376. The molecule has 0 saturated heterocycles. The molecule has 0 unspecified atom stereocenters. The van der Waals surface area contributed by atoms with Crippen LogP contribution in [0.25, 0.3) is 0 Å². The van der Waals surface area contributed by atoms with Crippen LogP contribution in [0.4, 0.5) is 22.0 Å². The molecule has 8 heteroatoms. The van der Waals surface area contributed by atoms with Crippen LogP contribution in [0.3, 0.4) is 0 Å². The van der Waals surface area contributed by atoms with Crippen molar-refractivity contribution in [3.05, 3.63) is 27.5 Å². The third-order valence-electron chi connectivity index (χ3n) is 1.50. The van der Waals surface area contributed by atoms with E-state index in [1.807, 2.05) is 0 Å². The zero-order chi connectivity index (χ0) is 11.8. The van der Waals surface area contributed by atoms with Crippen LogP contribution in [-0.4, -0.2) is 4.98 Å². The highest BCUT2D eigenvalue weighted by Crippen LogP contribution is 2.40. The quantitative estimate of drug-likeness (QED) is 0.689. The first-order valence-electron chi connectivity index (χ1n) is 3.44. The smallest absolute Gasteiger partial charge is 0.253 e. The molecule has 0 saturated carbocycles. The Balaban J connectivity index is 3.34. The molecule has 0 aliphatic heterocycles. The molecule has 0 spiro atoms. The van der Waals surface area contributed by atoms with Gasteiger partial charge in [-0.05, 0) is 0 Å². The first kappa shape index (κ1) is 12.4. The number of hydrogen-bond donors (Lipinski definition) is 0. The van der Waals surface area contributed by atoms with Gasteiger partial charge in [-0.15, -0.1) is 0 Å². The lowest BCUT2D eigenvalue weighted by Crippen LogP contribution is -2.08. The molecular formula is C7H2Cl2F5N. The van der Waals surface area contributed by atoms with Crippen LogP contribution in [0.5, 0.6) is 0 Å². The number of nitrogens with zero attached hydrogens (tertiary/aromatic N) is 1. The van der Waals surface area contributed by atoms with Crippen LogP contribution in [0.15, 0.2) is 6.20 Å². The number of hydrogen-bond acceptors (Lipinski definition) is 1. The van der Waals surface area contributed by atoms with Crippen molar-refractivity contribution in [2.24, 2.45) is 0 Å². The Labute approximate surface area is 90.8 Å². The number of alkyl halides is 5. The minimum absolute atomic E-state index is 0.232. The van der Waals surface area contributed by atoms with Gasteiger partial charge in [0.2, 0.25) is 0 Å². The molecule has 0 amide bonds. The number of halogens is 7. The fraction of sp³-hybridized carbons (Fsp3) is 0.286. The van der Waals surface area contributed by atoms with Crippen molar-refractivity contribution in [2.45, 2.75) is 12.6 Å². The van der Waals surface area contributed by atoms with Crippen LogP contribution in [0.2, 0.25) is 10.0 Å². The maximum atomic E-state index is 12.2. The van der Waals surface area contributed by atoms with E-state index >= 15 is 0 Å². The Hall–Kier alpha value is -0.620. The molecule has 84 valence electrons. The van der Waals surface area contributed by atoms with E-state index in [0.29, 0.717) is 0 Å². The van der Waals surface area contributed by atoms with Gasteiger partial charge in [0.05, 0.1) is 15.6 Å². The molecule has 1 rings (SSSR count). The normalized spacial score (nSPS) is 12.3. The predicted molar refractivity (Wildman–Crippen MR) is 44.2 cm³/mol. The Morgan fingerprint density at radius 3 is 2.07 bits per heavy atom. The standard InChI is InChI=1S/C7H2Cl2F5N/c8-3-2(7(12,13)14)1-15-5(4(3)9)6(10)11/h1,6H. The fourth-order valence-corrected chi connectivity index (χ4v) is 1.31. The van der Waals surface area contributed by atoms with Crippen LogP contribution < -0.4 is 0 Å². The molecule has 0 radical (unpaired) electrons. The van der Waals surface area contributed by atoms with Crippen molar-refractivity contribution >= 4 is 23.2 Å². The second-order valence-corrected chi connectivity index (χ2v) is 3.24. The molecule has 1 nitrogen and oxygen atoms in total. The highest BCUT2D eigenvalue weighted by molar-refractivity contribution is 6.42. The van der Waals surface area contributed by atoms with E-state index in [1.54, 1.807) is 0 Å². The average molecular weight is 266 g/mol. The molecule has 0 N–H and O–H groups in total. The number of pyridine rings is 1. The van der Waals surface area contributed by atoms with E-state index < -0.39 is 33.9 Å². The zero-order valence-corrected chi connectivity index (χ0v) is 8.26. The van der Waals surface area contributed by atoms with Crippen molar-refractivity contribution in [3.8, 4) is 0 Å². The maximum absolute atomic E-state index is 12.2. The van der Waals surface area contributed by atoms with E-state index in [1.165, 1.54) is 0 Å². The van der Waals surface area contributed by atoms with Gasteiger partial charge in [0.15, 0.2) is 0 Å². The van der Waals surface area contributed by atoms with Crippen molar-refractivity contribution in [1.29, 1.82) is 0 Å². The van der Waals surface area contributed by atoms with E-state index in [9.17, 15) is 22.0 Å². The van der Waals surface area contributed by atoms with Crippen molar-refractivity contribution in [1.82, 2.24) is 4.98 Å². The molecular weight excluding hydrogens is 264 g/mol. The lowest BCUT2D eigenvalue weighted by atomic mass is 10.2. The van der Waals surface area contributed by atoms with Gasteiger partial charge in [-0.1, -0.05) is 23.2 Å².